The fraction of sp³-hybridized carbons (Fsp3) is 0.324. The number of benzene rings is 1. The summed E-state index contributed by atoms with van der Waals surface area (Å²) in [6.07, 6.45) is 6.79. The van der Waals surface area contributed by atoms with Crippen molar-refractivity contribution in [3.05, 3.63) is 78.6 Å². The molecule has 9 heteroatoms. The van der Waals surface area contributed by atoms with Gasteiger partial charge in [0.05, 0.1) is 39.8 Å². The molecule has 0 saturated heterocycles. The number of fused-ring (bicyclic) bond motifs is 1. The van der Waals surface area contributed by atoms with Gasteiger partial charge in [-0.05, 0) is 80.1 Å². The summed E-state index contributed by atoms with van der Waals surface area (Å²) in [5, 5.41) is 12.3. The number of anilines is 2. The second-order valence-corrected chi connectivity index (χ2v) is 11.6. The van der Waals surface area contributed by atoms with Crippen LogP contribution in [0.25, 0.3) is 34.0 Å². The topological polar surface area (TPSA) is 89.0 Å². The van der Waals surface area contributed by atoms with Crippen LogP contribution in [0.3, 0.4) is 0 Å². The lowest BCUT2D eigenvalue weighted by molar-refractivity contribution is 0.587. The van der Waals surface area contributed by atoms with Gasteiger partial charge in [0.1, 0.15) is 5.84 Å². The Kier molecular flexibility index (Phi) is 8.05. The number of amidine groups is 1. The molecule has 5 aromatic rings. The van der Waals surface area contributed by atoms with Crippen LogP contribution in [0.5, 0.6) is 0 Å². The monoisotopic (exact) mass is 573 g/mol. The summed E-state index contributed by atoms with van der Waals surface area (Å²) in [5.41, 5.74) is 8.74. The van der Waals surface area contributed by atoms with E-state index < -0.39 is 0 Å². The molecule has 0 saturated carbocycles. The van der Waals surface area contributed by atoms with Gasteiger partial charge in [0, 0.05) is 45.1 Å². The lowest BCUT2D eigenvalue weighted by Crippen LogP contribution is -2.30. The Morgan fingerprint density at radius 2 is 1.60 bits per heavy atom. The molecule has 0 amide bonds. The maximum atomic E-state index is 5.21. The molecular weight excluding hydrogens is 534 g/mol. The van der Waals surface area contributed by atoms with E-state index in [0.29, 0.717) is 5.92 Å². The van der Waals surface area contributed by atoms with Gasteiger partial charge in [-0.25, -0.2) is 15.0 Å². The Labute approximate surface area is 253 Å². The Morgan fingerprint density at radius 1 is 0.884 bits per heavy atom. The highest BCUT2D eigenvalue weighted by Gasteiger charge is 2.21. The van der Waals surface area contributed by atoms with Gasteiger partial charge in [-0.1, -0.05) is 32.0 Å². The van der Waals surface area contributed by atoms with Gasteiger partial charge in [0.15, 0.2) is 5.82 Å². The molecule has 5 heterocycles. The summed E-state index contributed by atoms with van der Waals surface area (Å²) >= 11 is 0. The molecule has 6 rings (SSSR count). The Hall–Kier alpha value is -4.79. The van der Waals surface area contributed by atoms with Crippen molar-refractivity contribution in [1.29, 1.82) is 0 Å². The molecule has 0 radical (unpaired) electrons. The molecule has 1 N–H and O–H groups in total. The number of nitrogens with zero attached hydrogens (tertiary/aromatic N) is 8. The second kappa shape index (κ2) is 12.2. The smallest absolute Gasteiger partial charge is 0.158 e. The van der Waals surface area contributed by atoms with Gasteiger partial charge in [-0.3, -0.25) is 9.36 Å². The van der Waals surface area contributed by atoms with E-state index >= 15 is 0 Å². The lowest BCUT2D eigenvalue weighted by atomic mass is 10.00. The molecule has 1 aliphatic rings. The quantitative estimate of drug-likeness (QED) is 0.168. The SMILES string of the molecule is CC(=Nc1cc(-c2ccnn2C)nc(-c2ccnn2C)c1)N1CCCNc2ccc(-c3cccc(CCC(C)C)c3)nc21. The molecule has 0 spiro atoms. The zero-order valence-electron chi connectivity index (χ0n) is 25.6. The summed E-state index contributed by atoms with van der Waals surface area (Å²) in [7, 11) is 3.85. The van der Waals surface area contributed by atoms with E-state index in [0.717, 1.165) is 83.0 Å². The standard InChI is InChI=1S/C34H39N9/c1-23(2)10-11-25-8-6-9-26(20-25)28-12-13-29-34(40-28)43(19-7-16-35-29)24(3)38-27-21-30(32-14-17-36-41(32)4)39-31(22-27)33-15-18-37-42(33)5/h6,8-9,12-15,17-18,20-23,35H,7,10-11,16,19H2,1-5H3. The first-order valence-electron chi connectivity index (χ1n) is 15.0. The van der Waals surface area contributed by atoms with Crippen molar-refractivity contribution in [1.82, 2.24) is 29.5 Å². The zero-order chi connectivity index (χ0) is 29.9. The largest absolute Gasteiger partial charge is 0.382 e. The molecular formula is C34H39N9. The zero-order valence-corrected chi connectivity index (χ0v) is 25.6. The molecule has 43 heavy (non-hydrogen) atoms. The maximum absolute atomic E-state index is 5.21. The van der Waals surface area contributed by atoms with Crippen LogP contribution >= 0.6 is 0 Å². The predicted octanol–water partition coefficient (Wildman–Crippen LogP) is 6.91. The number of aromatic nitrogens is 6. The number of hydrogen-bond donors (Lipinski definition) is 1. The minimum atomic E-state index is 0.678. The number of pyridine rings is 2. The van der Waals surface area contributed by atoms with Crippen LogP contribution in [0.1, 0.15) is 39.2 Å². The molecule has 0 atom stereocenters. The predicted molar refractivity (Wildman–Crippen MR) is 175 cm³/mol. The Morgan fingerprint density at radius 3 is 2.26 bits per heavy atom. The molecule has 1 aromatic carbocycles. The summed E-state index contributed by atoms with van der Waals surface area (Å²) in [6, 6.07) is 21.0. The van der Waals surface area contributed by atoms with Crippen LogP contribution in [0.4, 0.5) is 17.2 Å². The fourth-order valence-corrected chi connectivity index (χ4v) is 5.52. The minimum absolute atomic E-state index is 0.678. The van der Waals surface area contributed by atoms with Gasteiger partial charge in [-0.15, -0.1) is 0 Å². The van der Waals surface area contributed by atoms with E-state index in [9.17, 15) is 0 Å². The van der Waals surface area contributed by atoms with Crippen molar-refractivity contribution in [3.63, 3.8) is 0 Å². The third-order valence-corrected chi connectivity index (χ3v) is 7.90. The molecule has 1 aliphatic heterocycles. The summed E-state index contributed by atoms with van der Waals surface area (Å²) in [5.74, 6) is 2.45. The van der Waals surface area contributed by atoms with Gasteiger partial charge in [0.2, 0.25) is 0 Å². The first kappa shape index (κ1) is 28.3. The van der Waals surface area contributed by atoms with Crippen molar-refractivity contribution in [2.75, 3.05) is 23.3 Å². The van der Waals surface area contributed by atoms with Gasteiger partial charge >= 0.3 is 0 Å². The summed E-state index contributed by atoms with van der Waals surface area (Å²) < 4.78 is 3.66. The summed E-state index contributed by atoms with van der Waals surface area (Å²) in [6.45, 7) is 8.30. The highest BCUT2D eigenvalue weighted by atomic mass is 15.3. The first-order valence-corrected chi connectivity index (χ1v) is 15.0. The summed E-state index contributed by atoms with van der Waals surface area (Å²) in [4.78, 5) is 17.6. The highest BCUT2D eigenvalue weighted by Crippen LogP contribution is 2.33. The Bertz CT molecular complexity index is 1700. The number of aryl methyl sites for hydroxylation is 3. The highest BCUT2D eigenvalue weighted by molar-refractivity contribution is 6.00. The third kappa shape index (κ3) is 6.21. The molecule has 0 unspecified atom stereocenters. The van der Waals surface area contributed by atoms with Crippen molar-refractivity contribution in [2.24, 2.45) is 25.0 Å². The van der Waals surface area contributed by atoms with Crippen LogP contribution in [0.2, 0.25) is 0 Å². The van der Waals surface area contributed by atoms with Gasteiger partial charge in [-0.2, -0.15) is 10.2 Å². The van der Waals surface area contributed by atoms with Gasteiger partial charge < -0.3 is 10.2 Å². The van der Waals surface area contributed by atoms with E-state index in [-0.39, 0.29) is 0 Å². The minimum Gasteiger partial charge on any atom is -0.382 e. The van der Waals surface area contributed by atoms with Crippen LogP contribution in [-0.4, -0.2) is 48.5 Å². The van der Waals surface area contributed by atoms with Crippen molar-refractivity contribution in [3.8, 4) is 34.0 Å². The number of rotatable bonds is 7. The van der Waals surface area contributed by atoms with E-state index in [4.69, 9.17) is 15.0 Å². The molecule has 4 aromatic heterocycles. The van der Waals surface area contributed by atoms with Crippen LogP contribution in [-0.2, 0) is 20.5 Å². The number of hydrogen-bond acceptors (Lipinski definition) is 6. The van der Waals surface area contributed by atoms with Crippen LogP contribution in [0.15, 0.2) is 78.0 Å². The first-order chi connectivity index (χ1) is 20.9. The molecule has 0 aliphatic carbocycles. The Balaban J connectivity index is 1.38. The molecule has 9 nitrogen and oxygen atoms in total. The van der Waals surface area contributed by atoms with E-state index in [2.05, 4.69) is 77.6 Å². The maximum Gasteiger partial charge on any atom is 0.158 e. The van der Waals surface area contributed by atoms with E-state index in [1.807, 2.05) is 47.7 Å². The van der Waals surface area contributed by atoms with Crippen molar-refractivity contribution >= 4 is 23.0 Å². The molecule has 220 valence electrons. The fourth-order valence-electron chi connectivity index (χ4n) is 5.52. The number of aliphatic imine (C=N–C) groups is 1. The molecule has 0 bridgehead atoms. The second-order valence-electron chi connectivity index (χ2n) is 11.6. The normalized spacial score (nSPS) is 13.6. The van der Waals surface area contributed by atoms with E-state index in [1.165, 1.54) is 12.0 Å². The third-order valence-electron chi connectivity index (χ3n) is 7.90. The lowest BCUT2D eigenvalue weighted by Gasteiger charge is -2.23. The van der Waals surface area contributed by atoms with Crippen LogP contribution < -0.4 is 10.2 Å². The average molecular weight is 574 g/mol. The van der Waals surface area contributed by atoms with Gasteiger partial charge in [0.25, 0.3) is 0 Å². The van der Waals surface area contributed by atoms with E-state index in [1.54, 1.807) is 12.4 Å². The van der Waals surface area contributed by atoms with Crippen LogP contribution in [0, 0.1) is 5.92 Å². The van der Waals surface area contributed by atoms with Crippen molar-refractivity contribution < 1.29 is 0 Å². The molecule has 0 fully saturated rings. The average Bonchev–Trinajstić information content (AvgIpc) is 3.57. The number of nitrogens with one attached hydrogen (secondary N) is 1. The van der Waals surface area contributed by atoms with Crippen molar-refractivity contribution in [2.45, 2.75) is 40.0 Å².